The van der Waals surface area contributed by atoms with Gasteiger partial charge in [-0.1, -0.05) is 36.1 Å². The number of likely N-dealkylation sites (tertiary alicyclic amines) is 1. The monoisotopic (exact) mass is 432 g/mol. The lowest BCUT2D eigenvalue weighted by molar-refractivity contribution is -0.118. The molecule has 0 radical (unpaired) electrons. The third-order valence-corrected chi connectivity index (χ3v) is 6.60. The van der Waals surface area contributed by atoms with E-state index in [-0.39, 0.29) is 17.2 Å². The van der Waals surface area contributed by atoms with Crippen LogP contribution in [0.15, 0.2) is 48.5 Å². The molecule has 1 saturated heterocycles. The standard InChI is InChI=1S/C27H32N2O3/c1-26(2,31)13-12-20-8-10-21(11-9-20)19-29-16-14-27(15-17-29)18-22(27)25(30)28-23-6-4-5-7-24(23)32-3/h4-11,22,31H,14-19H2,1-3H3,(H,28,30). The molecule has 1 heterocycles. The molecular formula is C27H32N2O3. The Bertz CT molecular complexity index is 1020. The molecule has 32 heavy (non-hydrogen) atoms. The first-order valence-corrected chi connectivity index (χ1v) is 11.3. The maximum Gasteiger partial charge on any atom is 0.228 e. The van der Waals surface area contributed by atoms with E-state index in [1.807, 2.05) is 36.4 Å². The minimum atomic E-state index is -0.979. The average molecular weight is 433 g/mol. The largest absolute Gasteiger partial charge is 0.495 e. The lowest BCUT2D eigenvalue weighted by atomic mass is 9.90. The molecule has 168 valence electrons. The van der Waals surface area contributed by atoms with Crippen LogP contribution in [0.5, 0.6) is 5.75 Å². The number of aliphatic hydroxyl groups is 1. The molecule has 1 saturated carbocycles. The third-order valence-electron chi connectivity index (χ3n) is 6.60. The third kappa shape index (κ3) is 5.32. The highest BCUT2D eigenvalue weighted by Gasteiger charge is 2.58. The van der Waals surface area contributed by atoms with Gasteiger partial charge >= 0.3 is 0 Å². The van der Waals surface area contributed by atoms with E-state index in [1.54, 1.807) is 21.0 Å². The highest BCUT2D eigenvalue weighted by Crippen LogP contribution is 2.59. The lowest BCUT2D eigenvalue weighted by Gasteiger charge is -2.32. The summed E-state index contributed by atoms with van der Waals surface area (Å²) in [4.78, 5) is 15.3. The molecule has 1 aliphatic carbocycles. The van der Waals surface area contributed by atoms with Gasteiger partial charge in [-0.3, -0.25) is 9.69 Å². The summed E-state index contributed by atoms with van der Waals surface area (Å²) in [6.45, 7) is 6.30. The van der Waals surface area contributed by atoms with Crippen molar-refractivity contribution < 1.29 is 14.6 Å². The number of benzene rings is 2. The van der Waals surface area contributed by atoms with Crippen LogP contribution in [-0.2, 0) is 11.3 Å². The molecule has 2 aromatic carbocycles. The Kier molecular flexibility index (Phi) is 6.28. The topological polar surface area (TPSA) is 61.8 Å². The van der Waals surface area contributed by atoms with Gasteiger partial charge in [-0.2, -0.15) is 0 Å². The summed E-state index contributed by atoms with van der Waals surface area (Å²) in [6, 6.07) is 15.8. The molecule has 0 aromatic heterocycles. The molecule has 5 heteroatoms. The molecule has 0 bridgehead atoms. The van der Waals surface area contributed by atoms with Crippen molar-refractivity contribution in [1.82, 2.24) is 4.90 Å². The molecule has 2 aromatic rings. The van der Waals surface area contributed by atoms with E-state index in [1.165, 1.54) is 5.56 Å². The highest BCUT2D eigenvalue weighted by atomic mass is 16.5. The van der Waals surface area contributed by atoms with E-state index in [9.17, 15) is 9.90 Å². The van der Waals surface area contributed by atoms with Crippen molar-refractivity contribution in [3.63, 3.8) is 0 Å². The van der Waals surface area contributed by atoms with Crippen LogP contribution in [0.1, 0.15) is 44.2 Å². The number of nitrogens with one attached hydrogen (secondary N) is 1. The second kappa shape index (κ2) is 8.97. The Labute approximate surface area is 190 Å². The Balaban J connectivity index is 1.27. The Hall–Kier alpha value is -2.81. The predicted molar refractivity (Wildman–Crippen MR) is 126 cm³/mol. The highest BCUT2D eigenvalue weighted by molar-refractivity contribution is 5.96. The van der Waals surface area contributed by atoms with Crippen molar-refractivity contribution in [3.8, 4) is 17.6 Å². The summed E-state index contributed by atoms with van der Waals surface area (Å²) < 4.78 is 5.35. The second-order valence-electron chi connectivity index (χ2n) is 9.59. The quantitative estimate of drug-likeness (QED) is 0.700. The number of anilines is 1. The van der Waals surface area contributed by atoms with Crippen molar-refractivity contribution in [3.05, 3.63) is 59.7 Å². The average Bonchev–Trinajstić information content (AvgIpc) is 3.48. The van der Waals surface area contributed by atoms with Crippen LogP contribution in [0.3, 0.4) is 0 Å². The van der Waals surface area contributed by atoms with Crippen LogP contribution < -0.4 is 10.1 Å². The Morgan fingerprint density at radius 3 is 2.53 bits per heavy atom. The summed E-state index contributed by atoms with van der Waals surface area (Å²) in [5.74, 6) is 6.77. The van der Waals surface area contributed by atoms with Gasteiger partial charge in [-0.25, -0.2) is 0 Å². The number of nitrogens with zero attached hydrogens (tertiary/aromatic N) is 1. The molecule has 2 aliphatic rings. The number of para-hydroxylation sites is 2. The zero-order chi connectivity index (χ0) is 22.8. The molecule has 2 fully saturated rings. The van der Waals surface area contributed by atoms with E-state index < -0.39 is 5.60 Å². The minimum absolute atomic E-state index is 0.100. The summed E-state index contributed by atoms with van der Waals surface area (Å²) in [5, 5.41) is 12.8. The number of amides is 1. The fourth-order valence-corrected chi connectivity index (χ4v) is 4.57. The van der Waals surface area contributed by atoms with Crippen LogP contribution in [0.2, 0.25) is 0 Å². The zero-order valence-corrected chi connectivity index (χ0v) is 19.1. The number of methoxy groups -OCH3 is 1. The van der Waals surface area contributed by atoms with Crippen molar-refractivity contribution in [2.75, 3.05) is 25.5 Å². The molecule has 1 atom stereocenters. The first-order valence-electron chi connectivity index (χ1n) is 11.3. The first kappa shape index (κ1) is 22.4. The van der Waals surface area contributed by atoms with Crippen LogP contribution in [0, 0.1) is 23.2 Å². The Morgan fingerprint density at radius 2 is 1.88 bits per heavy atom. The number of hydrogen-bond donors (Lipinski definition) is 2. The molecular weight excluding hydrogens is 400 g/mol. The lowest BCUT2D eigenvalue weighted by Crippen LogP contribution is -2.35. The van der Waals surface area contributed by atoms with Gasteiger partial charge in [0.15, 0.2) is 0 Å². The van der Waals surface area contributed by atoms with Gasteiger partial charge in [0, 0.05) is 18.0 Å². The van der Waals surface area contributed by atoms with E-state index in [4.69, 9.17) is 4.74 Å². The van der Waals surface area contributed by atoms with Crippen molar-refractivity contribution in [1.29, 1.82) is 0 Å². The fraction of sp³-hybridized carbons (Fsp3) is 0.444. The minimum Gasteiger partial charge on any atom is -0.495 e. The van der Waals surface area contributed by atoms with Crippen LogP contribution in [0.25, 0.3) is 0 Å². The zero-order valence-electron chi connectivity index (χ0n) is 19.1. The van der Waals surface area contributed by atoms with E-state index in [0.29, 0.717) is 5.75 Å². The van der Waals surface area contributed by atoms with Crippen molar-refractivity contribution in [2.24, 2.45) is 11.3 Å². The van der Waals surface area contributed by atoms with Gasteiger partial charge in [-0.05, 0) is 81.4 Å². The van der Waals surface area contributed by atoms with Gasteiger partial charge in [0.25, 0.3) is 0 Å². The first-order chi connectivity index (χ1) is 15.3. The Morgan fingerprint density at radius 1 is 1.19 bits per heavy atom. The number of piperidine rings is 1. The fourth-order valence-electron chi connectivity index (χ4n) is 4.57. The van der Waals surface area contributed by atoms with Crippen LogP contribution in [-0.4, -0.2) is 41.7 Å². The number of hydrogen-bond acceptors (Lipinski definition) is 4. The smallest absolute Gasteiger partial charge is 0.228 e. The van der Waals surface area contributed by atoms with E-state index in [2.05, 4.69) is 34.2 Å². The summed E-state index contributed by atoms with van der Waals surface area (Å²) in [5.41, 5.74) is 2.10. The van der Waals surface area contributed by atoms with Crippen molar-refractivity contribution in [2.45, 2.75) is 45.3 Å². The molecule has 1 aliphatic heterocycles. The van der Waals surface area contributed by atoms with Crippen LogP contribution >= 0.6 is 0 Å². The maximum atomic E-state index is 12.8. The SMILES string of the molecule is COc1ccccc1NC(=O)C1CC12CCN(Cc1ccc(C#CC(C)(C)O)cc1)CC2. The maximum absolute atomic E-state index is 12.8. The number of ether oxygens (including phenoxy) is 1. The van der Waals surface area contributed by atoms with Gasteiger partial charge in [0.1, 0.15) is 11.4 Å². The number of rotatable bonds is 5. The van der Waals surface area contributed by atoms with Gasteiger partial charge < -0.3 is 15.2 Å². The number of carbonyl (C=O) groups is 1. The second-order valence-corrected chi connectivity index (χ2v) is 9.59. The van der Waals surface area contributed by atoms with Crippen molar-refractivity contribution >= 4 is 11.6 Å². The molecule has 4 rings (SSSR count). The van der Waals surface area contributed by atoms with Gasteiger partial charge in [0.05, 0.1) is 12.8 Å². The molecule has 1 unspecified atom stereocenters. The molecule has 1 amide bonds. The molecule has 5 nitrogen and oxygen atoms in total. The summed E-state index contributed by atoms with van der Waals surface area (Å²) in [6.07, 6.45) is 3.11. The van der Waals surface area contributed by atoms with Gasteiger partial charge in [-0.15, -0.1) is 0 Å². The predicted octanol–water partition coefficient (Wildman–Crippen LogP) is 4.06. The summed E-state index contributed by atoms with van der Waals surface area (Å²) in [7, 11) is 1.62. The normalized spacial score (nSPS) is 19.7. The summed E-state index contributed by atoms with van der Waals surface area (Å²) >= 11 is 0. The van der Waals surface area contributed by atoms with Gasteiger partial charge in [0.2, 0.25) is 5.91 Å². The molecule has 1 spiro atoms. The van der Waals surface area contributed by atoms with Crippen LogP contribution in [0.4, 0.5) is 5.69 Å². The van der Waals surface area contributed by atoms with E-state index in [0.717, 1.165) is 50.1 Å². The molecule has 2 N–H and O–H groups in total. The number of carbonyl (C=O) groups excluding carboxylic acids is 1. The van der Waals surface area contributed by atoms with E-state index >= 15 is 0 Å².